The zero-order valence-electron chi connectivity index (χ0n) is 21.2. The van der Waals surface area contributed by atoms with E-state index < -0.39 is 5.82 Å². The van der Waals surface area contributed by atoms with Crippen molar-refractivity contribution in [3.8, 4) is 5.75 Å². The van der Waals surface area contributed by atoms with Crippen molar-refractivity contribution in [1.82, 2.24) is 19.8 Å². The van der Waals surface area contributed by atoms with Crippen LogP contribution in [0, 0.1) is 5.82 Å². The largest absolute Gasteiger partial charge is 0.468 e. The second-order valence-corrected chi connectivity index (χ2v) is 9.91. The predicted molar refractivity (Wildman–Crippen MR) is 142 cm³/mol. The number of aromatic nitrogens is 2. The van der Waals surface area contributed by atoms with E-state index in [1.54, 1.807) is 6.07 Å². The molecule has 2 aliphatic rings. The Labute approximate surface area is 225 Å². The van der Waals surface area contributed by atoms with Crippen LogP contribution in [0.5, 0.6) is 5.75 Å². The molecule has 11 heteroatoms. The van der Waals surface area contributed by atoms with Gasteiger partial charge in [-0.15, -0.1) is 0 Å². The molecule has 202 valence electrons. The standard InChI is InChI=1S/C27H31ClFN5O4/c1-33(27(35)34-10-12-36-13-11-34)19-3-5-20(6-4-19)37-17-38-21-7-9-25-22(15-21)26(31-16-30-25)32-18-2-8-24(29)23(28)14-18/h2,7-9,14-16,19-20H,3-6,10-13,17H2,1H3,(H,30,31,32)/t19-,20-. The third-order valence-electron chi connectivity index (χ3n) is 7.09. The van der Waals surface area contributed by atoms with Crippen LogP contribution in [0.15, 0.2) is 42.7 Å². The Hall–Kier alpha value is -3.21. The zero-order valence-corrected chi connectivity index (χ0v) is 22.0. The first-order valence-electron chi connectivity index (χ1n) is 12.8. The molecular formula is C27H31ClFN5O4. The smallest absolute Gasteiger partial charge is 0.320 e. The summed E-state index contributed by atoms with van der Waals surface area (Å²) in [5, 5.41) is 3.94. The van der Waals surface area contributed by atoms with Crippen molar-refractivity contribution in [1.29, 1.82) is 0 Å². The molecule has 0 radical (unpaired) electrons. The van der Waals surface area contributed by atoms with Gasteiger partial charge in [0, 0.05) is 37.3 Å². The minimum atomic E-state index is -0.484. The Morgan fingerprint density at radius 2 is 1.95 bits per heavy atom. The molecule has 0 unspecified atom stereocenters. The number of benzene rings is 2. The van der Waals surface area contributed by atoms with Crippen molar-refractivity contribution in [3.63, 3.8) is 0 Å². The molecule has 0 spiro atoms. The number of morpholine rings is 1. The maximum absolute atomic E-state index is 13.5. The number of ether oxygens (including phenoxy) is 3. The molecule has 1 N–H and O–H groups in total. The van der Waals surface area contributed by atoms with E-state index in [0.717, 1.165) is 36.6 Å². The summed E-state index contributed by atoms with van der Waals surface area (Å²) < 4.78 is 30.8. The summed E-state index contributed by atoms with van der Waals surface area (Å²) in [5.74, 6) is 0.692. The number of urea groups is 1. The third-order valence-corrected chi connectivity index (χ3v) is 7.38. The monoisotopic (exact) mass is 543 g/mol. The molecular weight excluding hydrogens is 513 g/mol. The summed E-state index contributed by atoms with van der Waals surface area (Å²) in [5.41, 5.74) is 1.34. The molecule has 5 rings (SSSR count). The van der Waals surface area contributed by atoms with E-state index in [4.69, 9.17) is 25.8 Å². The van der Waals surface area contributed by atoms with Crippen molar-refractivity contribution in [2.75, 3.05) is 45.5 Å². The number of hydrogen-bond acceptors (Lipinski definition) is 7. The van der Waals surface area contributed by atoms with Gasteiger partial charge in [-0.25, -0.2) is 19.2 Å². The summed E-state index contributed by atoms with van der Waals surface area (Å²) >= 11 is 5.91. The van der Waals surface area contributed by atoms with Gasteiger partial charge in [0.2, 0.25) is 0 Å². The predicted octanol–water partition coefficient (Wildman–Crippen LogP) is 5.21. The molecule has 3 aromatic rings. The van der Waals surface area contributed by atoms with Gasteiger partial charge in [-0.3, -0.25) is 0 Å². The van der Waals surface area contributed by atoms with Crippen LogP contribution in [-0.2, 0) is 9.47 Å². The van der Waals surface area contributed by atoms with Crippen LogP contribution in [-0.4, -0.2) is 78.1 Å². The number of amides is 2. The molecule has 2 amide bonds. The summed E-state index contributed by atoms with van der Waals surface area (Å²) in [7, 11) is 1.89. The molecule has 0 atom stereocenters. The SMILES string of the molecule is CN(C(=O)N1CCOCC1)[C@H]1CC[C@H](OCOc2ccc3ncnc(Nc4ccc(F)c(Cl)c4)c3c2)CC1. The van der Waals surface area contributed by atoms with E-state index >= 15 is 0 Å². The normalized spacial score (nSPS) is 19.8. The molecule has 2 heterocycles. The number of hydrogen-bond donors (Lipinski definition) is 1. The number of halogens is 2. The lowest BCUT2D eigenvalue weighted by Crippen LogP contribution is -2.50. The van der Waals surface area contributed by atoms with Crippen LogP contribution < -0.4 is 10.1 Å². The number of nitrogens with one attached hydrogen (secondary N) is 1. The molecule has 1 aliphatic heterocycles. The maximum Gasteiger partial charge on any atom is 0.320 e. The highest BCUT2D eigenvalue weighted by Gasteiger charge is 2.30. The summed E-state index contributed by atoms with van der Waals surface area (Å²) in [6, 6.07) is 10.2. The lowest BCUT2D eigenvalue weighted by Gasteiger charge is -2.38. The highest BCUT2D eigenvalue weighted by Crippen LogP contribution is 2.29. The number of carbonyl (C=O) groups excluding carboxylic acids is 1. The second kappa shape index (κ2) is 12.1. The number of nitrogens with zero attached hydrogens (tertiary/aromatic N) is 4. The average molecular weight is 544 g/mol. The number of anilines is 2. The van der Waals surface area contributed by atoms with Crippen molar-refractivity contribution in [3.05, 3.63) is 53.6 Å². The highest BCUT2D eigenvalue weighted by atomic mass is 35.5. The van der Waals surface area contributed by atoms with Gasteiger partial charge in [0.05, 0.1) is 29.9 Å². The third kappa shape index (κ3) is 6.25. The van der Waals surface area contributed by atoms with Crippen molar-refractivity contribution >= 4 is 40.0 Å². The fourth-order valence-corrected chi connectivity index (χ4v) is 5.05. The van der Waals surface area contributed by atoms with Gasteiger partial charge < -0.3 is 29.3 Å². The molecule has 2 aromatic carbocycles. The first kappa shape index (κ1) is 26.4. The average Bonchev–Trinajstić information content (AvgIpc) is 2.95. The van der Waals surface area contributed by atoms with Crippen molar-refractivity contribution in [2.45, 2.75) is 37.8 Å². The first-order valence-corrected chi connectivity index (χ1v) is 13.2. The first-order chi connectivity index (χ1) is 18.5. The minimum absolute atomic E-state index is 0.0268. The quantitative estimate of drug-likeness (QED) is 0.409. The Morgan fingerprint density at radius 3 is 2.71 bits per heavy atom. The fraction of sp³-hybridized carbons (Fsp3) is 0.444. The van der Waals surface area contributed by atoms with Gasteiger partial charge in [0.15, 0.2) is 6.79 Å². The van der Waals surface area contributed by atoms with Gasteiger partial charge >= 0.3 is 6.03 Å². The topological polar surface area (TPSA) is 89.1 Å². The number of carbonyl (C=O) groups is 1. The summed E-state index contributed by atoms with van der Waals surface area (Å²) in [4.78, 5) is 25.1. The van der Waals surface area contributed by atoms with Crippen LogP contribution >= 0.6 is 11.6 Å². The molecule has 1 saturated heterocycles. The van der Waals surface area contributed by atoms with E-state index in [1.165, 1.54) is 18.5 Å². The Bertz CT molecular complexity index is 1270. The summed E-state index contributed by atoms with van der Waals surface area (Å²) in [6.45, 7) is 2.63. The molecule has 2 fully saturated rings. The highest BCUT2D eigenvalue weighted by molar-refractivity contribution is 6.31. The Balaban J connectivity index is 1.13. The number of rotatable bonds is 7. The zero-order chi connectivity index (χ0) is 26.5. The summed E-state index contributed by atoms with van der Waals surface area (Å²) in [6.07, 6.45) is 5.08. The van der Waals surface area contributed by atoms with Crippen LogP contribution in [0.25, 0.3) is 10.9 Å². The minimum Gasteiger partial charge on any atom is -0.468 e. The van der Waals surface area contributed by atoms with E-state index in [0.29, 0.717) is 43.6 Å². The van der Waals surface area contributed by atoms with E-state index in [1.807, 2.05) is 35.0 Å². The molecule has 38 heavy (non-hydrogen) atoms. The van der Waals surface area contributed by atoms with Gasteiger partial charge in [0.25, 0.3) is 0 Å². The van der Waals surface area contributed by atoms with Crippen LogP contribution in [0.3, 0.4) is 0 Å². The van der Waals surface area contributed by atoms with Crippen molar-refractivity contribution < 1.29 is 23.4 Å². The van der Waals surface area contributed by atoms with Gasteiger partial charge in [-0.05, 0) is 62.1 Å². The molecule has 1 aromatic heterocycles. The Morgan fingerprint density at radius 1 is 1.16 bits per heavy atom. The van der Waals surface area contributed by atoms with E-state index in [9.17, 15) is 9.18 Å². The molecule has 9 nitrogen and oxygen atoms in total. The van der Waals surface area contributed by atoms with E-state index in [2.05, 4.69) is 15.3 Å². The fourth-order valence-electron chi connectivity index (χ4n) is 4.87. The van der Waals surface area contributed by atoms with Gasteiger partial charge in [-0.2, -0.15) is 0 Å². The van der Waals surface area contributed by atoms with Gasteiger partial charge in [0.1, 0.15) is 23.7 Å². The number of fused-ring (bicyclic) bond motifs is 1. The van der Waals surface area contributed by atoms with Crippen LogP contribution in [0.4, 0.5) is 20.7 Å². The lowest BCUT2D eigenvalue weighted by molar-refractivity contribution is -0.0565. The second-order valence-electron chi connectivity index (χ2n) is 9.51. The van der Waals surface area contributed by atoms with Crippen LogP contribution in [0.1, 0.15) is 25.7 Å². The molecule has 0 bridgehead atoms. The Kier molecular flexibility index (Phi) is 8.41. The lowest BCUT2D eigenvalue weighted by atomic mass is 9.92. The van der Waals surface area contributed by atoms with Gasteiger partial charge in [-0.1, -0.05) is 11.6 Å². The van der Waals surface area contributed by atoms with Crippen molar-refractivity contribution in [2.24, 2.45) is 0 Å². The van der Waals surface area contributed by atoms with E-state index in [-0.39, 0.29) is 30.0 Å². The van der Waals surface area contributed by atoms with Crippen LogP contribution in [0.2, 0.25) is 5.02 Å². The maximum atomic E-state index is 13.5. The molecule has 1 aliphatic carbocycles. The molecule has 1 saturated carbocycles.